The number of aromatic nitrogens is 1. The van der Waals surface area contributed by atoms with E-state index in [1.165, 1.54) is 0 Å². The minimum atomic E-state index is 0. The van der Waals surface area contributed by atoms with Crippen LogP contribution >= 0.6 is 15.9 Å². The van der Waals surface area contributed by atoms with Gasteiger partial charge in [0, 0.05) is 22.2 Å². The van der Waals surface area contributed by atoms with Gasteiger partial charge in [0.15, 0.2) is 12.4 Å². The second-order valence-electron chi connectivity index (χ2n) is 3.45. The molecule has 1 aromatic heterocycles. The van der Waals surface area contributed by atoms with Gasteiger partial charge in [0.1, 0.15) is 0 Å². The van der Waals surface area contributed by atoms with Crippen LogP contribution in [0.1, 0.15) is 10.4 Å². The Morgan fingerprint density at radius 2 is 1.71 bits per heavy atom. The highest BCUT2D eigenvalue weighted by atomic mass is 79.9. The molecule has 0 atom stereocenters. The molecule has 0 unspecified atom stereocenters. The summed E-state index contributed by atoms with van der Waals surface area (Å²) in [7, 11) is 0. The van der Waals surface area contributed by atoms with E-state index in [4.69, 9.17) is 0 Å². The average molecular weight is 357 g/mol. The summed E-state index contributed by atoms with van der Waals surface area (Å²) in [4.78, 5) is 12.0. The molecule has 0 spiro atoms. The van der Waals surface area contributed by atoms with Gasteiger partial charge in [0.05, 0.1) is 0 Å². The Bertz CT molecular complexity index is 500. The van der Waals surface area contributed by atoms with E-state index >= 15 is 0 Å². The molecule has 1 aromatic carbocycles. The first kappa shape index (κ1) is 14.1. The first-order valence-corrected chi connectivity index (χ1v) is 5.78. The predicted octanol–water partition coefficient (Wildman–Crippen LogP) is -0.377. The Hall–Kier alpha value is -1.000. The van der Waals surface area contributed by atoms with Gasteiger partial charge in [-0.15, -0.1) is 0 Å². The Morgan fingerprint density at radius 1 is 1.06 bits per heavy atom. The lowest BCUT2D eigenvalue weighted by molar-refractivity contribution is -0.683. The molecule has 2 rings (SSSR count). The lowest BCUT2D eigenvalue weighted by Crippen LogP contribution is -3.00. The summed E-state index contributed by atoms with van der Waals surface area (Å²) in [6, 6.07) is 13.2. The Morgan fingerprint density at radius 3 is 2.35 bits per heavy atom. The third kappa shape index (κ3) is 3.75. The normalized spacial score (nSPS) is 9.47. The van der Waals surface area contributed by atoms with Crippen LogP contribution < -0.4 is 21.5 Å². The van der Waals surface area contributed by atoms with Crippen molar-refractivity contribution in [2.75, 3.05) is 0 Å². The molecule has 0 fully saturated rings. The highest BCUT2D eigenvalue weighted by molar-refractivity contribution is 9.10. The van der Waals surface area contributed by atoms with Gasteiger partial charge in [-0.3, -0.25) is 4.79 Å². The summed E-state index contributed by atoms with van der Waals surface area (Å²) in [6.07, 6.45) is 3.77. The summed E-state index contributed by atoms with van der Waals surface area (Å²) in [5.74, 6) is 0.101. The van der Waals surface area contributed by atoms with E-state index < -0.39 is 0 Å². The Labute approximate surface area is 119 Å². The van der Waals surface area contributed by atoms with Gasteiger partial charge in [-0.25, -0.2) is 0 Å². The first-order valence-electron chi connectivity index (χ1n) is 4.99. The SMILES string of the molecule is O=C(C[n+]1ccccc1)c1ccccc1Br.[Br-]. The largest absolute Gasteiger partial charge is 1.00 e. The van der Waals surface area contributed by atoms with Crippen molar-refractivity contribution in [3.63, 3.8) is 0 Å². The van der Waals surface area contributed by atoms with Crippen LogP contribution in [0, 0.1) is 0 Å². The predicted molar refractivity (Wildman–Crippen MR) is 65.1 cm³/mol. The summed E-state index contributed by atoms with van der Waals surface area (Å²) in [5.41, 5.74) is 0.721. The number of ketones is 1. The van der Waals surface area contributed by atoms with Gasteiger partial charge in [0.2, 0.25) is 12.3 Å². The smallest absolute Gasteiger partial charge is 0.228 e. The zero-order valence-corrected chi connectivity index (χ0v) is 12.2. The van der Waals surface area contributed by atoms with Crippen LogP contribution in [0.25, 0.3) is 0 Å². The third-order valence-electron chi connectivity index (χ3n) is 2.28. The second-order valence-corrected chi connectivity index (χ2v) is 4.31. The second kappa shape index (κ2) is 6.67. The van der Waals surface area contributed by atoms with E-state index in [0.717, 1.165) is 10.0 Å². The minimum Gasteiger partial charge on any atom is -1.00 e. The Balaban J connectivity index is 0.00000144. The van der Waals surface area contributed by atoms with Gasteiger partial charge in [-0.2, -0.15) is 4.57 Å². The van der Waals surface area contributed by atoms with Gasteiger partial charge in [-0.05, 0) is 6.07 Å². The van der Waals surface area contributed by atoms with E-state index in [1.807, 2.05) is 59.4 Å². The van der Waals surface area contributed by atoms with Crippen molar-refractivity contribution in [2.45, 2.75) is 6.54 Å². The lowest BCUT2D eigenvalue weighted by Gasteiger charge is -2.00. The average Bonchev–Trinajstić information content (AvgIpc) is 2.31. The fourth-order valence-corrected chi connectivity index (χ4v) is 1.98. The van der Waals surface area contributed by atoms with Crippen molar-refractivity contribution < 1.29 is 26.3 Å². The number of pyridine rings is 1. The highest BCUT2D eigenvalue weighted by Crippen LogP contribution is 2.16. The topological polar surface area (TPSA) is 20.9 Å². The van der Waals surface area contributed by atoms with Crippen molar-refractivity contribution in [3.05, 3.63) is 64.9 Å². The molecule has 0 aliphatic carbocycles. The molecule has 88 valence electrons. The summed E-state index contributed by atoms with van der Waals surface area (Å²) in [5, 5.41) is 0. The van der Waals surface area contributed by atoms with Crippen LogP contribution in [-0.2, 0) is 6.54 Å². The molecule has 1 heterocycles. The van der Waals surface area contributed by atoms with Crippen LogP contribution in [0.3, 0.4) is 0 Å². The van der Waals surface area contributed by atoms with Crippen molar-refractivity contribution in [1.82, 2.24) is 0 Å². The third-order valence-corrected chi connectivity index (χ3v) is 2.97. The molecule has 0 saturated carbocycles. The quantitative estimate of drug-likeness (QED) is 0.542. The van der Waals surface area contributed by atoms with Gasteiger partial charge in [-0.1, -0.05) is 40.2 Å². The maximum atomic E-state index is 12.0. The summed E-state index contributed by atoms with van der Waals surface area (Å²) in [6.45, 7) is 0.365. The maximum absolute atomic E-state index is 12.0. The molecule has 0 amide bonds. The molecule has 0 aliphatic heterocycles. The van der Waals surface area contributed by atoms with E-state index in [-0.39, 0.29) is 22.8 Å². The zero-order chi connectivity index (χ0) is 11.4. The van der Waals surface area contributed by atoms with Crippen molar-refractivity contribution in [1.29, 1.82) is 0 Å². The van der Waals surface area contributed by atoms with Crippen LogP contribution in [0.15, 0.2) is 59.3 Å². The highest BCUT2D eigenvalue weighted by Gasteiger charge is 2.13. The Kier molecular flexibility index (Phi) is 5.51. The maximum Gasteiger partial charge on any atom is 0.228 e. The number of Topliss-reactive ketones (excluding diaryl/α,β-unsaturated/α-hetero) is 1. The summed E-state index contributed by atoms with van der Waals surface area (Å²) < 4.78 is 2.71. The zero-order valence-electron chi connectivity index (χ0n) is 9.01. The van der Waals surface area contributed by atoms with E-state index in [9.17, 15) is 4.79 Å². The minimum absolute atomic E-state index is 0. The monoisotopic (exact) mass is 355 g/mol. The number of nitrogens with zero attached hydrogens (tertiary/aromatic N) is 1. The van der Waals surface area contributed by atoms with E-state index in [2.05, 4.69) is 15.9 Å². The number of benzene rings is 1. The molecule has 0 N–H and O–H groups in total. The number of hydrogen-bond donors (Lipinski definition) is 0. The number of carbonyl (C=O) groups excluding carboxylic acids is 1. The number of carbonyl (C=O) groups is 1. The molecule has 17 heavy (non-hydrogen) atoms. The molecular weight excluding hydrogens is 346 g/mol. The van der Waals surface area contributed by atoms with Gasteiger partial charge in [0.25, 0.3) is 0 Å². The van der Waals surface area contributed by atoms with Crippen LogP contribution in [-0.4, -0.2) is 5.78 Å². The van der Waals surface area contributed by atoms with Crippen LogP contribution in [0.5, 0.6) is 0 Å². The molecular formula is C13H11Br2NO. The molecule has 0 saturated heterocycles. The molecule has 0 aliphatic rings. The van der Waals surface area contributed by atoms with Crippen molar-refractivity contribution in [2.24, 2.45) is 0 Å². The lowest BCUT2D eigenvalue weighted by atomic mass is 10.1. The van der Waals surface area contributed by atoms with Gasteiger partial charge >= 0.3 is 0 Å². The van der Waals surface area contributed by atoms with Crippen molar-refractivity contribution in [3.8, 4) is 0 Å². The fraction of sp³-hybridized carbons (Fsp3) is 0.0769. The van der Waals surface area contributed by atoms with Crippen molar-refractivity contribution >= 4 is 21.7 Å². The molecule has 0 radical (unpaired) electrons. The molecule has 2 aromatic rings. The molecule has 4 heteroatoms. The number of rotatable bonds is 3. The first-order chi connectivity index (χ1) is 7.77. The van der Waals surface area contributed by atoms with E-state index in [1.54, 1.807) is 0 Å². The summed E-state index contributed by atoms with van der Waals surface area (Å²) >= 11 is 3.38. The van der Waals surface area contributed by atoms with Crippen LogP contribution in [0.4, 0.5) is 0 Å². The van der Waals surface area contributed by atoms with Gasteiger partial charge < -0.3 is 17.0 Å². The molecule has 0 bridgehead atoms. The van der Waals surface area contributed by atoms with E-state index in [0.29, 0.717) is 6.54 Å². The molecule has 2 nitrogen and oxygen atoms in total. The number of halogens is 2. The standard InChI is InChI=1S/C13H11BrNO.BrH/c14-12-7-3-2-6-11(12)13(16)10-15-8-4-1-5-9-15;/h1-9H,10H2;1H/q+1;/p-1. The number of hydrogen-bond acceptors (Lipinski definition) is 1. The van der Waals surface area contributed by atoms with Crippen LogP contribution in [0.2, 0.25) is 0 Å². The fourth-order valence-electron chi connectivity index (χ4n) is 1.48.